The predicted octanol–water partition coefficient (Wildman–Crippen LogP) is 16.4. The maximum atomic E-state index is 2.86. The van der Waals surface area contributed by atoms with Crippen molar-refractivity contribution in [2.75, 3.05) is 0 Å². The lowest BCUT2D eigenvalue weighted by Crippen LogP contribution is -2.77. The highest BCUT2D eigenvalue weighted by atomic mass is 28.3. The van der Waals surface area contributed by atoms with Gasteiger partial charge >= 0.3 is 0 Å². The fourth-order valence-electron chi connectivity index (χ4n) is 16.2. The van der Waals surface area contributed by atoms with Gasteiger partial charge in [-0.2, -0.15) is 0 Å². The van der Waals surface area contributed by atoms with Crippen LogP contribution in [0.3, 0.4) is 0 Å². The number of rotatable bonds is 4. The smallest absolute Gasteiger partial charge is 0.252 e. The van der Waals surface area contributed by atoms with E-state index in [2.05, 4.69) is 278 Å². The van der Waals surface area contributed by atoms with Gasteiger partial charge in [0, 0.05) is 54.9 Å². The molecular formula is C79H80BN3Si. The molecule has 0 amide bonds. The third-order valence-corrected chi connectivity index (χ3v) is 25.8. The average molecular weight is 1110 g/mol. The van der Waals surface area contributed by atoms with E-state index >= 15 is 0 Å². The minimum atomic E-state index is -3.21. The van der Waals surface area contributed by atoms with Crippen LogP contribution in [-0.2, 0) is 21.7 Å². The molecule has 4 aliphatic heterocycles. The summed E-state index contributed by atoms with van der Waals surface area (Å²) in [7, 11) is -3.21. The first-order chi connectivity index (χ1) is 39.7. The van der Waals surface area contributed by atoms with E-state index < -0.39 is 8.07 Å². The quantitative estimate of drug-likeness (QED) is 0.156. The monoisotopic (exact) mass is 1110 g/mol. The second-order valence-corrected chi connectivity index (χ2v) is 34.8. The molecule has 3 nitrogen and oxygen atoms in total. The highest BCUT2D eigenvalue weighted by Gasteiger charge is 2.57. The summed E-state index contributed by atoms with van der Waals surface area (Å²) in [5, 5.41) is 14.4. The van der Waals surface area contributed by atoms with Gasteiger partial charge in [-0.1, -0.05) is 210 Å². The van der Waals surface area contributed by atoms with Crippen LogP contribution in [0.15, 0.2) is 140 Å². The van der Waals surface area contributed by atoms with Crippen LogP contribution in [0.5, 0.6) is 0 Å². The predicted molar refractivity (Wildman–Crippen MR) is 367 cm³/mol. The number of hydrogen-bond acceptors (Lipinski definition) is 0. The second-order valence-electron chi connectivity index (χ2n) is 31.2. The van der Waals surface area contributed by atoms with Gasteiger partial charge < -0.3 is 13.7 Å². The number of nitrogens with zero attached hydrogens (tertiary/aromatic N) is 3. The van der Waals surface area contributed by atoms with E-state index in [0.29, 0.717) is 17.8 Å². The van der Waals surface area contributed by atoms with Gasteiger partial charge in [0.25, 0.3) is 6.71 Å². The lowest BCUT2D eigenvalue weighted by Gasteiger charge is -2.43. The lowest BCUT2D eigenvalue weighted by atomic mass is 9.34. The summed E-state index contributed by atoms with van der Waals surface area (Å²) in [6.07, 6.45) is 0. The van der Waals surface area contributed by atoms with Crippen molar-refractivity contribution in [1.29, 1.82) is 0 Å². The molecule has 0 fully saturated rings. The molecule has 9 aromatic carbocycles. The van der Waals surface area contributed by atoms with Crippen LogP contribution < -0.4 is 37.1 Å². The molecular weight excluding hydrogens is 1030 g/mol. The van der Waals surface area contributed by atoms with Gasteiger partial charge in [0.2, 0.25) is 0 Å². The molecule has 0 saturated heterocycles. The van der Waals surface area contributed by atoms with Gasteiger partial charge in [-0.25, -0.2) is 0 Å². The van der Waals surface area contributed by atoms with Gasteiger partial charge in [-0.15, -0.1) is 0 Å². The number of hydrogen-bond donors (Lipinski definition) is 0. The highest BCUT2D eigenvalue weighted by molar-refractivity contribution is 7.24. The minimum absolute atomic E-state index is 0.0454. The van der Waals surface area contributed by atoms with Crippen LogP contribution in [-0.4, -0.2) is 28.5 Å². The maximum Gasteiger partial charge on any atom is 0.252 e. The summed E-state index contributed by atoms with van der Waals surface area (Å²) >= 11 is 0. The molecule has 0 bridgehead atoms. The highest BCUT2D eigenvalue weighted by Crippen LogP contribution is 2.49. The molecule has 12 aromatic rings. The molecule has 418 valence electrons. The van der Waals surface area contributed by atoms with Crippen molar-refractivity contribution in [2.24, 2.45) is 0 Å². The van der Waals surface area contributed by atoms with Crippen molar-refractivity contribution in [3.8, 4) is 28.2 Å². The minimum Gasteiger partial charge on any atom is -0.310 e. The Kier molecular flexibility index (Phi) is 10.3. The summed E-state index contributed by atoms with van der Waals surface area (Å²) in [4.78, 5) is 0. The standard InChI is InChI=1S/C79H80BN3Si/c1-42(2)45-19-25-52(26-20-45)81-63-34-47(44(5)6)21-27-55(63)69-64(81)41-60-74-70(69)58-33-46(43(3)4)22-30-61(58)82(74)62-31-32-65-75-71(62)80(60)59-37-50(78(13,14)15)35-56-57-36-51(79(16,17)18)40-68(73(57)83(75)72(56)59)84(65)66-38-48(76(7,8)9)23-28-53(66)54-29-24-49(39-67(54)84)77(10,11)12/h19-44H,1-18H3. The summed E-state index contributed by atoms with van der Waals surface area (Å²) < 4.78 is 8.27. The van der Waals surface area contributed by atoms with Gasteiger partial charge in [-0.05, 0) is 181 Å². The first kappa shape index (κ1) is 52.2. The van der Waals surface area contributed by atoms with Crippen LogP contribution in [0.1, 0.15) is 181 Å². The first-order valence-electron chi connectivity index (χ1n) is 31.5. The maximum absolute atomic E-state index is 3.21. The van der Waals surface area contributed by atoms with Crippen LogP contribution in [0, 0.1) is 0 Å². The Morgan fingerprint density at radius 1 is 0.357 bits per heavy atom. The van der Waals surface area contributed by atoms with E-state index in [0.717, 1.165) is 0 Å². The molecule has 0 saturated carbocycles. The fourth-order valence-corrected chi connectivity index (χ4v) is 21.9. The topological polar surface area (TPSA) is 14.8 Å². The molecule has 0 atom stereocenters. The lowest BCUT2D eigenvalue weighted by molar-refractivity contribution is 0.590. The van der Waals surface area contributed by atoms with Gasteiger partial charge in [0.05, 0.1) is 27.6 Å². The Hall–Kier alpha value is -7.34. The van der Waals surface area contributed by atoms with Gasteiger partial charge in [0.1, 0.15) is 0 Å². The Bertz CT molecular complexity index is 4900. The van der Waals surface area contributed by atoms with Crippen LogP contribution in [0.2, 0.25) is 0 Å². The van der Waals surface area contributed by atoms with Crippen molar-refractivity contribution < 1.29 is 0 Å². The SMILES string of the molecule is CC(C)c1ccc(-n2c3cc(C(C)C)ccc3c3c4c5cc(C(C)C)ccc5n5c4c(cc32)B2c3c-5ccc4c3-n3c5c2cc(C(C)(C)C)cc5c2cc(C(C)(C)C)cc(c23)[Si]42c3cc(C(C)(C)C)ccc3-c3ccc(C(C)(C)C)cc32)cc1. The first-order valence-corrected chi connectivity index (χ1v) is 33.5. The Morgan fingerprint density at radius 3 is 1.49 bits per heavy atom. The Balaban J connectivity index is 1.16. The van der Waals surface area contributed by atoms with Crippen molar-refractivity contribution in [3.05, 3.63) is 178 Å². The summed E-state index contributed by atoms with van der Waals surface area (Å²) in [6.45, 7) is 43.0. The molecule has 0 N–H and O–H groups in total. The summed E-state index contributed by atoms with van der Waals surface area (Å²) in [5.74, 6) is 1.20. The molecule has 0 aliphatic carbocycles. The fraction of sp³-hybridized carbons (Fsp3) is 0.316. The van der Waals surface area contributed by atoms with Gasteiger partial charge in [-0.3, -0.25) is 0 Å². The van der Waals surface area contributed by atoms with E-state index in [1.165, 1.54) is 154 Å². The molecule has 3 aromatic heterocycles. The average Bonchev–Trinajstić information content (AvgIpc) is 1.41. The van der Waals surface area contributed by atoms with Crippen LogP contribution >= 0.6 is 0 Å². The molecule has 0 radical (unpaired) electrons. The van der Waals surface area contributed by atoms with Crippen molar-refractivity contribution in [1.82, 2.24) is 13.7 Å². The Labute approximate surface area is 498 Å². The van der Waals surface area contributed by atoms with E-state index in [-0.39, 0.29) is 28.4 Å². The molecule has 0 unspecified atom stereocenters. The van der Waals surface area contributed by atoms with Crippen molar-refractivity contribution in [2.45, 2.75) is 164 Å². The molecule has 7 heterocycles. The van der Waals surface area contributed by atoms with Crippen molar-refractivity contribution >= 4 is 117 Å². The Morgan fingerprint density at radius 2 is 0.893 bits per heavy atom. The van der Waals surface area contributed by atoms with Gasteiger partial charge in [0.15, 0.2) is 8.07 Å². The zero-order valence-electron chi connectivity index (χ0n) is 52.9. The molecule has 16 rings (SSSR count). The largest absolute Gasteiger partial charge is 0.310 e. The molecule has 1 spiro atoms. The molecule has 84 heavy (non-hydrogen) atoms. The third kappa shape index (κ3) is 6.60. The van der Waals surface area contributed by atoms with Crippen LogP contribution in [0.4, 0.5) is 0 Å². The van der Waals surface area contributed by atoms with Crippen molar-refractivity contribution in [3.63, 3.8) is 0 Å². The molecule has 4 aliphatic rings. The van der Waals surface area contributed by atoms with E-state index in [4.69, 9.17) is 0 Å². The second kappa shape index (κ2) is 16.5. The zero-order valence-corrected chi connectivity index (χ0v) is 53.9. The summed E-state index contributed by atoms with van der Waals surface area (Å²) in [6, 6.07) is 58.5. The number of aromatic nitrogens is 3. The zero-order chi connectivity index (χ0) is 58.7. The van der Waals surface area contributed by atoms with E-state index in [1.54, 1.807) is 15.6 Å². The van der Waals surface area contributed by atoms with Crippen LogP contribution in [0.25, 0.3) is 93.6 Å². The number of fused-ring (bicyclic) bond motifs is 18. The summed E-state index contributed by atoms with van der Waals surface area (Å²) in [5.41, 5.74) is 28.5. The molecule has 5 heteroatoms. The van der Waals surface area contributed by atoms with E-state index in [1.807, 2.05) is 0 Å². The number of benzene rings is 9. The third-order valence-electron chi connectivity index (χ3n) is 21.0. The normalized spacial score (nSPS) is 14.9. The van der Waals surface area contributed by atoms with E-state index in [9.17, 15) is 0 Å².